The molecule has 0 fully saturated rings. The van der Waals surface area contributed by atoms with Gasteiger partial charge in [-0.2, -0.15) is 0 Å². The fraction of sp³-hybridized carbons (Fsp3) is 0.182. The van der Waals surface area contributed by atoms with Gasteiger partial charge in [-0.05, 0) is 51.3 Å². The summed E-state index contributed by atoms with van der Waals surface area (Å²) in [6.45, 7) is 1.61. The third kappa shape index (κ3) is 2.56. The van der Waals surface area contributed by atoms with Crippen molar-refractivity contribution in [3.05, 3.63) is 42.7 Å². The van der Waals surface area contributed by atoms with Crippen LogP contribution >= 0.6 is 38.6 Å². The summed E-state index contributed by atoms with van der Waals surface area (Å²) >= 11 is 6.77. The minimum Gasteiger partial charge on any atom is -0.294 e. The van der Waals surface area contributed by atoms with Gasteiger partial charge in [0.25, 0.3) is 0 Å². The van der Waals surface area contributed by atoms with Crippen molar-refractivity contribution >= 4 is 44.4 Å². The van der Waals surface area contributed by atoms with E-state index >= 15 is 0 Å². The normalized spacial score (nSPS) is 10.5. The van der Waals surface area contributed by atoms with Crippen LogP contribution in [0.3, 0.4) is 0 Å². The van der Waals surface area contributed by atoms with E-state index in [1.54, 1.807) is 18.3 Å². The monoisotopic (exact) mass is 300 g/mol. The molecule has 78 valence electrons. The first-order valence-corrected chi connectivity index (χ1v) is 7.02. The molecule has 0 spiro atoms. The first kappa shape index (κ1) is 11.0. The van der Waals surface area contributed by atoms with Crippen molar-refractivity contribution in [3.63, 3.8) is 0 Å². The Hall–Kier alpha value is -0.450. The van der Waals surface area contributed by atoms with E-state index in [4.69, 9.17) is 0 Å². The Morgan fingerprint density at radius 2 is 2.27 bits per heavy atom. The Morgan fingerprint density at radius 1 is 1.47 bits per heavy atom. The topological polar surface area (TPSA) is 17.1 Å². The van der Waals surface area contributed by atoms with Gasteiger partial charge < -0.3 is 0 Å². The van der Waals surface area contributed by atoms with Crippen LogP contribution in [0, 0.1) is 0 Å². The predicted molar refractivity (Wildman–Crippen MR) is 69.1 cm³/mol. The molecule has 0 amide bonds. The zero-order valence-corrected chi connectivity index (χ0v) is 11.3. The van der Waals surface area contributed by atoms with Crippen LogP contribution in [0.5, 0.6) is 0 Å². The molecule has 15 heavy (non-hydrogen) atoms. The van der Waals surface area contributed by atoms with Crippen LogP contribution in [0.2, 0.25) is 0 Å². The predicted octanol–water partition coefficient (Wildman–Crippen LogP) is 4.37. The molecule has 0 saturated carbocycles. The van der Waals surface area contributed by atoms with Gasteiger partial charge in [0, 0.05) is 15.8 Å². The van der Waals surface area contributed by atoms with Crippen molar-refractivity contribution in [1.29, 1.82) is 0 Å². The fourth-order valence-electron chi connectivity index (χ4n) is 1.29. The summed E-state index contributed by atoms with van der Waals surface area (Å²) in [5.74, 6) is 0.150. The second-order valence-corrected chi connectivity index (χ2v) is 6.01. The molecule has 0 aromatic carbocycles. The molecular formula is C11H9BrOS2. The first-order valence-electron chi connectivity index (χ1n) is 4.47. The Kier molecular flexibility index (Phi) is 3.38. The highest BCUT2D eigenvalue weighted by Gasteiger charge is 2.07. The number of halogens is 1. The molecule has 2 aromatic heterocycles. The first-order chi connectivity index (χ1) is 7.16. The van der Waals surface area contributed by atoms with E-state index in [2.05, 4.69) is 32.8 Å². The Balaban J connectivity index is 2.18. The van der Waals surface area contributed by atoms with E-state index < -0.39 is 0 Å². The molecule has 2 rings (SSSR count). The highest BCUT2D eigenvalue weighted by atomic mass is 79.9. The Morgan fingerprint density at radius 3 is 2.80 bits per heavy atom. The second-order valence-electron chi connectivity index (χ2n) is 3.24. The number of carbonyl (C=O) groups is 1. The molecule has 1 nitrogen and oxygen atoms in total. The van der Waals surface area contributed by atoms with Crippen LogP contribution < -0.4 is 0 Å². The number of rotatable bonds is 3. The van der Waals surface area contributed by atoms with Crippen molar-refractivity contribution < 1.29 is 4.79 Å². The van der Waals surface area contributed by atoms with Crippen LogP contribution in [-0.2, 0) is 6.42 Å². The highest BCUT2D eigenvalue weighted by Crippen LogP contribution is 2.27. The average molecular weight is 301 g/mol. The lowest BCUT2D eigenvalue weighted by Gasteiger charge is -1.94. The molecule has 0 bridgehead atoms. The molecule has 4 heteroatoms. The molecule has 0 aliphatic carbocycles. The van der Waals surface area contributed by atoms with Crippen molar-refractivity contribution in [3.8, 4) is 0 Å². The number of hydrogen-bond donors (Lipinski definition) is 0. The number of carbonyl (C=O) groups excluding carboxylic acids is 1. The van der Waals surface area contributed by atoms with Gasteiger partial charge >= 0.3 is 0 Å². The van der Waals surface area contributed by atoms with Gasteiger partial charge in [0.2, 0.25) is 0 Å². The van der Waals surface area contributed by atoms with Crippen LogP contribution in [0.4, 0.5) is 0 Å². The number of thiophene rings is 2. The quantitative estimate of drug-likeness (QED) is 0.770. The van der Waals surface area contributed by atoms with Gasteiger partial charge in [0.1, 0.15) is 0 Å². The van der Waals surface area contributed by atoms with Gasteiger partial charge in [-0.15, -0.1) is 22.7 Å². The van der Waals surface area contributed by atoms with Gasteiger partial charge in [-0.1, -0.05) is 0 Å². The summed E-state index contributed by atoms with van der Waals surface area (Å²) in [7, 11) is 0. The van der Waals surface area contributed by atoms with Crippen molar-refractivity contribution in [2.75, 3.05) is 0 Å². The van der Waals surface area contributed by atoms with E-state index in [1.807, 2.05) is 6.07 Å². The molecule has 0 N–H and O–H groups in total. The number of ketones is 1. The highest BCUT2D eigenvalue weighted by molar-refractivity contribution is 9.10. The molecular weight excluding hydrogens is 292 g/mol. The smallest absolute Gasteiger partial charge is 0.169 e. The summed E-state index contributed by atoms with van der Waals surface area (Å²) in [4.78, 5) is 13.3. The third-order valence-electron chi connectivity index (χ3n) is 2.06. The van der Waals surface area contributed by atoms with Crippen molar-refractivity contribution in [1.82, 2.24) is 0 Å². The molecule has 0 unspecified atom stereocenters. The standard InChI is InChI=1S/C11H9BrOS2/c1-7(13)10-4-8(6-15-10)5-11-9(12)2-3-14-11/h2-4,6H,5H2,1H3. The summed E-state index contributed by atoms with van der Waals surface area (Å²) in [6.07, 6.45) is 0.905. The second kappa shape index (κ2) is 4.60. The lowest BCUT2D eigenvalue weighted by atomic mass is 10.2. The molecule has 0 atom stereocenters. The van der Waals surface area contributed by atoms with Gasteiger partial charge in [-0.3, -0.25) is 4.79 Å². The SMILES string of the molecule is CC(=O)c1cc(Cc2sccc2Br)cs1. The third-order valence-corrected chi connectivity index (χ3v) is 5.06. The maximum atomic E-state index is 11.1. The molecule has 2 heterocycles. The maximum Gasteiger partial charge on any atom is 0.169 e. The Labute approximate surface area is 105 Å². The summed E-state index contributed by atoms with van der Waals surface area (Å²) in [6, 6.07) is 4.04. The molecule has 0 aliphatic heterocycles. The fourth-order valence-corrected chi connectivity index (χ4v) is 3.63. The maximum absolute atomic E-state index is 11.1. The summed E-state index contributed by atoms with van der Waals surface area (Å²) in [5.41, 5.74) is 1.22. The van der Waals surface area contributed by atoms with Crippen LogP contribution in [0.1, 0.15) is 27.0 Å². The minimum atomic E-state index is 0.150. The summed E-state index contributed by atoms with van der Waals surface area (Å²) in [5, 5.41) is 4.13. The average Bonchev–Trinajstić information content (AvgIpc) is 2.77. The minimum absolute atomic E-state index is 0.150. The zero-order chi connectivity index (χ0) is 10.8. The van der Waals surface area contributed by atoms with Crippen molar-refractivity contribution in [2.24, 2.45) is 0 Å². The molecule has 2 aromatic rings. The number of hydrogen-bond acceptors (Lipinski definition) is 3. The van der Waals surface area contributed by atoms with E-state index in [-0.39, 0.29) is 5.78 Å². The number of Topliss-reactive ketones (excluding diaryl/α,β-unsaturated/α-hetero) is 1. The summed E-state index contributed by atoms with van der Waals surface area (Å²) < 4.78 is 1.16. The molecule has 0 saturated heterocycles. The van der Waals surface area contributed by atoms with Crippen molar-refractivity contribution in [2.45, 2.75) is 13.3 Å². The van der Waals surface area contributed by atoms with Crippen LogP contribution in [0.15, 0.2) is 27.4 Å². The lowest BCUT2D eigenvalue weighted by molar-refractivity contribution is 0.102. The van der Waals surface area contributed by atoms with E-state index in [9.17, 15) is 4.79 Å². The van der Waals surface area contributed by atoms with E-state index in [0.717, 1.165) is 15.8 Å². The Bertz CT molecular complexity index is 484. The largest absolute Gasteiger partial charge is 0.294 e. The lowest BCUT2D eigenvalue weighted by Crippen LogP contribution is -1.86. The van der Waals surface area contributed by atoms with Gasteiger partial charge in [0.15, 0.2) is 5.78 Å². The van der Waals surface area contributed by atoms with E-state index in [0.29, 0.717) is 0 Å². The molecule has 0 radical (unpaired) electrons. The van der Waals surface area contributed by atoms with Crippen LogP contribution in [-0.4, -0.2) is 5.78 Å². The van der Waals surface area contributed by atoms with E-state index in [1.165, 1.54) is 21.8 Å². The zero-order valence-electron chi connectivity index (χ0n) is 8.12. The van der Waals surface area contributed by atoms with Gasteiger partial charge in [-0.25, -0.2) is 0 Å². The van der Waals surface area contributed by atoms with Gasteiger partial charge in [0.05, 0.1) is 4.88 Å². The van der Waals surface area contributed by atoms with Crippen LogP contribution in [0.25, 0.3) is 0 Å². The molecule has 0 aliphatic rings.